The summed E-state index contributed by atoms with van der Waals surface area (Å²) in [4.78, 5) is 2.79. The van der Waals surface area contributed by atoms with Crippen LogP contribution < -0.4 is 5.73 Å². The molecular formula is C16H32N2. The first kappa shape index (κ1) is 14.3. The molecule has 2 heteroatoms. The number of rotatable bonds is 2. The van der Waals surface area contributed by atoms with Gasteiger partial charge >= 0.3 is 0 Å². The zero-order chi connectivity index (χ0) is 13.2. The minimum Gasteiger partial charge on any atom is -0.326 e. The third-order valence-electron chi connectivity index (χ3n) is 5.23. The zero-order valence-electron chi connectivity index (χ0n) is 12.6. The highest BCUT2D eigenvalue weighted by Gasteiger charge is 2.38. The summed E-state index contributed by atoms with van der Waals surface area (Å²) in [6, 6.07) is 1.83. The van der Waals surface area contributed by atoms with E-state index in [-0.39, 0.29) is 0 Å². The highest BCUT2D eigenvalue weighted by Crippen LogP contribution is 2.38. The maximum atomic E-state index is 6.46. The van der Waals surface area contributed by atoms with Gasteiger partial charge in [0.1, 0.15) is 0 Å². The summed E-state index contributed by atoms with van der Waals surface area (Å²) in [6.07, 6.45) is 10.7. The average Bonchev–Trinajstić information content (AvgIpc) is 2.57. The molecule has 0 aromatic carbocycles. The van der Waals surface area contributed by atoms with Crippen LogP contribution in [0.2, 0.25) is 0 Å². The highest BCUT2D eigenvalue weighted by atomic mass is 15.2. The molecule has 0 aromatic rings. The van der Waals surface area contributed by atoms with E-state index in [1.54, 1.807) is 0 Å². The summed E-state index contributed by atoms with van der Waals surface area (Å²) in [5.74, 6) is 0. The molecule has 0 aromatic heterocycles. The van der Waals surface area contributed by atoms with Gasteiger partial charge in [-0.15, -0.1) is 0 Å². The second-order valence-corrected chi connectivity index (χ2v) is 7.29. The molecule has 1 aliphatic carbocycles. The fourth-order valence-electron chi connectivity index (χ4n) is 4.01. The van der Waals surface area contributed by atoms with Crippen molar-refractivity contribution in [3.8, 4) is 0 Å². The van der Waals surface area contributed by atoms with Gasteiger partial charge in [0.2, 0.25) is 0 Å². The predicted molar refractivity (Wildman–Crippen MR) is 78.6 cm³/mol. The van der Waals surface area contributed by atoms with E-state index in [4.69, 9.17) is 5.73 Å². The lowest BCUT2D eigenvalue weighted by Crippen LogP contribution is -2.55. The minimum atomic E-state index is 0.408. The summed E-state index contributed by atoms with van der Waals surface area (Å²) >= 11 is 0. The van der Waals surface area contributed by atoms with Crippen LogP contribution >= 0.6 is 0 Å². The van der Waals surface area contributed by atoms with Gasteiger partial charge in [0.15, 0.2) is 0 Å². The van der Waals surface area contributed by atoms with Crippen molar-refractivity contribution in [2.75, 3.05) is 6.54 Å². The topological polar surface area (TPSA) is 29.3 Å². The molecular weight excluding hydrogens is 220 g/mol. The second kappa shape index (κ2) is 5.92. The SMILES string of the molecule is CCC1CCCCCN1C1CC(C)(C)CCC1N. The van der Waals surface area contributed by atoms with Crippen molar-refractivity contribution in [1.82, 2.24) is 4.90 Å². The molecule has 1 aliphatic heterocycles. The predicted octanol–water partition coefficient (Wildman–Crippen LogP) is 3.55. The van der Waals surface area contributed by atoms with Crippen LogP contribution in [0, 0.1) is 5.41 Å². The van der Waals surface area contributed by atoms with Crippen molar-refractivity contribution in [2.45, 2.75) is 90.3 Å². The fourth-order valence-corrected chi connectivity index (χ4v) is 4.01. The lowest BCUT2D eigenvalue weighted by atomic mass is 9.72. The Bertz CT molecular complexity index is 262. The second-order valence-electron chi connectivity index (χ2n) is 7.29. The van der Waals surface area contributed by atoms with E-state index >= 15 is 0 Å². The van der Waals surface area contributed by atoms with Crippen molar-refractivity contribution in [3.05, 3.63) is 0 Å². The molecule has 0 bridgehead atoms. The van der Waals surface area contributed by atoms with Crippen LogP contribution in [0.5, 0.6) is 0 Å². The van der Waals surface area contributed by atoms with Crippen molar-refractivity contribution < 1.29 is 0 Å². The summed E-state index contributed by atoms with van der Waals surface area (Å²) < 4.78 is 0. The summed E-state index contributed by atoms with van der Waals surface area (Å²) in [5.41, 5.74) is 6.95. The van der Waals surface area contributed by atoms with Gasteiger partial charge in [-0.25, -0.2) is 0 Å². The van der Waals surface area contributed by atoms with Gasteiger partial charge < -0.3 is 5.73 Å². The molecule has 2 nitrogen and oxygen atoms in total. The van der Waals surface area contributed by atoms with E-state index < -0.39 is 0 Å². The summed E-state index contributed by atoms with van der Waals surface area (Å²) in [6.45, 7) is 8.48. The number of nitrogens with two attached hydrogens (primary N) is 1. The first-order valence-electron chi connectivity index (χ1n) is 8.05. The Morgan fingerprint density at radius 2 is 1.94 bits per heavy atom. The summed E-state index contributed by atoms with van der Waals surface area (Å²) in [5, 5.41) is 0. The van der Waals surface area contributed by atoms with E-state index in [1.165, 1.54) is 57.9 Å². The van der Waals surface area contributed by atoms with Crippen LogP contribution in [-0.4, -0.2) is 29.6 Å². The van der Waals surface area contributed by atoms with E-state index in [9.17, 15) is 0 Å². The van der Waals surface area contributed by atoms with E-state index in [1.807, 2.05) is 0 Å². The van der Waals surface area contributed by atoms with Gasteiger partial charge in [-0.1, -0.05) is 33.6 Å². The maximum Gasteiger partial charge on any atom is 0.0255 e. The smallest absolute Gasteiger partial charge is 0.0255 e. The Morgan fingerprint density at radius 1 is 1.17 bits per heavy atom. The normalized spacial score (nSPS) is 38.3. The molecule has 1 saturated heterocycles. The fraction of sp³-hybridized carbons (Fsp3) is 1.00. The number of hydrogen-bond acceptors (Lipinski definition) is 2. The van der Waals surface area contributed by atoms with Gasteiger partial charge in [-0.3, -0.25) is 4.90 Å². The molecule has 106 valence electrons. The number of hydrogen-bond donors (Lipinski definition) is 1. The monoisotopic (exact) mass is 252 g/mol. The molecule has 0 amide bonds. The average molecular weight is 252 g/mol. The van der Waals surface area contributed by atoms with Crippen LogP contribution in [0.4, 0.5) is 0 Å². The van der Waals surface area contributed by atoms with Crippen LogP contribution in [-0.2, 0) is 0 Å². The maximum absolute atomic E-state index is 6.46. The van der Waals surface area contributed by atoms with Crippen LogP contribution in [0.15, 0.2) is 0 Å². The minimum absolute atomic E-state index is 0.408. The van der Waals surface area contributed by atoms with Crippen molar-refractivity contribution in [1.29, 1.82) is 0 Å². The first-order valence-corrected chi connectivity index (χ1v) is 8.05. The van der Waals surface area contributed by atoms with Gasteiger partial charge in [0.25, 0.3) is 0 Å². The Balaban J connectivity index is 2.10. The lowest BCUT2D eigenvalue weighted by molar-refractivity contribution is 0.0465. The van der Waals surface area contributed by atoms with E-state index in [0.717, 1.165) is 6.04 Å². The zero-order valence-corrected chi connectivity index (χ0v) is 12.6. The largest absolute Gasteiger partial charge is 0.326 e. The third-order valence-corrected chi connectivity index (χ3v) is 5.23. The third kappa shape index (κ3) is 3.27. The highest BCUT2D eigenvalue weighted by molar-refractivity contribution is 4.95. The molecule has 1 heterocycles. The van der Waals surface area contributed by atoms with Crippen LogP contribution in [0.3, 0.4) is 0 Å². The molecule has 0 spiro atoms. The van der Waals surface area contributed by atoms with E-state index in [2.05, 4.69) is 25.7 Å². The molecule has 2 aliphatic rings. The molecule has 18 heavy (non-hydrogen) atoms. The quantitative estimate of drug-likeness (QED) is 0.814. The van der Waals surface area contributed by atoms with Crippen LogP contribution in [0.25, 0.3) is 0 Å². The lowest BCUT2D eigenvalue weighted by Gasteiger charge is -2.47. The number of nitrogens with zero attached hydrogens (tertiary/aromatic N) is 1. The Hall–Kier alpha value is -0.0800. The molecule has 2 N–H and O–H groups in total. The van der Waals surface area contributed by atoms with Gasteiger partial charge in [0, 0.05) is 18.1 Å². The Kier molecular flexibility index (Phi) is 4.71. The Labute approximate surface area is 113 Å². The van der Waals surface area contributed by atoms with Crippen molar-refractivity contribution >= 4 is 0 Å². The van der Waals surface area contributed by atoms with Gasteiger partial charge in [-0.05, 0) is 50.5 Å². The molecule has 1 saturated carbocycles. The standard InChI is InChI=1S/C16H32N2/c1-4-13-8-6-5-7-11-18(13)15-12-16(2,3)10-9-14(15)17/h13-15H,4-12,17H2,1-3H3. The molecule has 2 fully saturated rings. The van der Waals surface area contributed by atoms with Gasteiger partial charge in [-0.2, -0.15) is 0 Å². The van der Waals surface area contributed by atoms with Gasteiger partial charge in [0.05, 0.1) is 0 Å². The first-order chi connectivity index (χ1) is 8.53. The Morgan fingerprint density at radius 3 is 2.67 bits per heavy atom. The molecule has 3 atom stereocenters. The molecule has 0 radical (unpaired) electrons. The number of likely N-dealkylation sites (tertiary alicyclic amines) is 1. The van der Waals surface area contributed by atoms with Crippen molar-refractivity contribution in [2.24, 2.45) is 11.1 Å². The molecule has 3 unspecified atom stereocenters. The van der Waals surface area contributed by atoms with Crippen LogP contribution in [0.1, 0.15) is 72.1 Å². The summed E-state index contributed by atoms with van der Waals surface area (Å²) in [7, 11) is 0. The molecule has 2 rings (SSSR count). The van der Waals surface area contributed by atoms with E-state index in [0.29, 0.717) is 17.5 Å². The van der Waals surface area contributed by atoms with Crippen molar-refractivity contribution in [3.63, 3.8) is 0 Å².